The van der Waals surface area contributed by atoms with Crippen molar-refractivity contribution in [1.29, 1.82) is 0 Å². The predicted molar refractivity (Wildman–Crippen MR) is 60.5 cm³/mol. The number of anilines is 2. The van der Waals surface area contributed by atoms with E-state index in [-0.39, 0.29) is 11.9 Å². The molecular weight excluding hydrogens is 244 g/mol. The van der Waals surface area contributed by atoms with Gasteiger partial charge in [0.15, 0.2) is 0 Å². The lowest BCUT2D eigenvalue weighted by atomic mass is 10.2. The van der Waals surface area contributed by atoms with Gasteiger partial charge >= 0.3 is 0 Å². The Hall–Kier alpha value is -1.03. The van der Waals surface area contributed by atoms with E-state index in [9.17, 15) is 4.79 Å². The Morgan fingerprint density at radius 2 is 2.29 bits per heavy atom. The van der Waals surface area contributed by atoms with Crippen LogP contribution in [0.3, 0.4) is 0 Å². The summed E-state index contributed by atoms with van der Waals surface area (Å²) in [5.41, 5.74) is 1.81. The summed E-state index contributed by atoms with van der Waals surface area (Å²) in [6, 6.07) is 5.91. The highest BCUT2D eigenvalue weighted by molar-refractivity contribution is 9.10. The van der Waals surface area contributed by atoms with E-state index in [1.54, 1.807) is 0 Å². The third-order valence-corrected chi connectivity index (χ3v) is 2.83. The fourth-order valence-corrected chi connectivity index (χ4v) is 2.03. The molecule has 14 heavy (non-hydrogen) atoms. The van der Waals surface area contributed by atoms with Crippen LogP contribution in [0.4, 0.5) is 11.4 Å². The molecule has 0 aromatic heterocycles. The van der Waals surface area contributed by atoms with Crippen molar-refractivity contribution < 1.29 is 4.79 Å². The third kappa shape index (κ3) is 1.75. The van der Waals surface area contributed by atoms with Crippen molar-refractivity contribution in [3.05, 3.63) is 22.7 Å². The van der Waals surface area contributed by atoms with Crippen LogP contribution >= 0.6 is 15.9 Å². The maximum atomic E-state index is 11.4. The Morgan fingerprint density at radius 3 is 3.07 bits per heavy atom. The van der Waals surface area contributed by atoms with E-state index < -0.39 is 0 Å². The topological polar surface area (TPSA) is 41.1 Å². The Kier molecular flexibility index (Phi) is 2.46. The number of carbonyl (C=O) groups is 1. The number of carbonyl (C=O) groups excluding carboxylic acids is 1. The van der Waals surface area contributed by atoms with E-state index in [0.717, 1.165) is 15.8 Å². The van der Waals surface area contributed by atoms with E-state index in [1.807, 2.05) is 25.1 Å². The molecule has 1 aromatic rings. The summed E-state index contributed by atoms with van der Waals surface area (Å²) in [6.45, 7) is 1.99. The first-order chi connectivity index (χ1) is 6.66. The summed E-state index contributed by atoms with van der Waals surface area (Å²) >= 11 is 3.45. The molecule has 1 aliphatic heterocycles. The average Bonchev–Trinajstić information content (AvgIpc) is 2.23. The van der Waals surface area contributed by atoms with Crippen molar-refractivity contribution in [3.8, 4) is 0 Å². The molecule has 3 nitrogen and oxygen atoms in total. The summed E-state index contributed by atoms with van der Waals surface area (Å²) in [5.74, 6) is 0.0573. The standard InChI is InChI=1S/C10H11BrN2O/c1-6-5-9(14)13-8-4-2-3-7(11)10(8)12-6/h2-4,6,12H,5H2,1H3,(H,13,14)/t6-/m0/s1. The molecule has 0 saturated heterocycles. The van der Waals surface area contributed by atoms with Crippen LogP contribution in [-0.2, 0) is 4.79 Å². The molecule has 0 bridgehead atoms. The number of hydrogen-bond donors (Lipinski definition) is 2. The Balaban J connectivity index is 2.46. The second kappa shape index (κ2) is 3.61. The Bertz CT molecular complexity index is 378. The van der Waals surface area contributed by atoms with Crippen LogP contribution in [0.1, 0.15) is 13.3 Å². The van der Waals surface area contributed by atoms with Gasteiger partial charge in [-0.1, -0.05) is 6.07 Å². The van der Waals surface area contributed by atoms with Crippen molar-refractivity contribution in [2.75, 3.05) is 10.6 Å². The predicted octanol–water partition coefficient (Wildman–Crippen LogP) is 2.59. The van der Waals surface area contributed by atoms with Gasteiger partial charge in [0, 0.05) is 16.9 Å². The second-order valence-electron chi connectivity index (χ2n) is 3.46. The molecule has 1 atom stereocenters. The molecule has 2 rings (SSSR count). The number of hydrogen-bond acceptors (Lipinski definition) is 2. The van der Waals surface area contributed by atoms with Gasteiger partial charge in [-0.05, 0) is 35.0 Å². The van der Waals surface area contributed by atoms with Crippen molar-refractivity contribution in [1.82, 2.24) is 0 Å². The third-order valence-electron chi connectivity index (χ3n) is 2.17. The lowest BCUT2D eigenvalue weighted by Crippen LogP contribution is -2.18. The van der Waals surface area contributed by atoms with Gasteiger partial charge in [-0.2, -0.15) is 0 Å². The molecule has 0 aliphatic carbocycles. The lowest BCUT2D eigenvalue weighted by Gasteiger charge is -2.12. The monoisotopic (exact) mass is 254 g/mol. The highest BCUT2D eigenvalue weighted by Gasteiger charge is 2.18. The molecule has 0 saturated carbocycles. The van der Waals surface area contributed by atoms with Gasteiger partial charge in [-0.25, -0.2) is 0 Å². The minimum atomic E-state index is 0.0573. The SMILES string of the molecule is C[C@H]1CC(=O)Nc2cccc(Br)c2N1. The van der Waals surface area contributed by atoms with Crippen LogP contribution in [0.5, 0.6) is 0 Å². The van der Waals surface area contributed by atoms with Gasteiger partial charge < -0.3 is 10.6 Å². The zero-order valence-electron chi connectivity index (χ0n) is 7.80. The maximum Gasteiger partial charge on any atom is 0.226 e. The van der Waals surface area contributed by atoms with Crippen molar-refractivity contribution in [2.24, 2.45) is 0 Å². The number of nitrogens with one attached hydrogen (secondary N) is 2. The number of benzene rings is 1. The van der Waals surface area contributed by atoms with Gasteiger partial charge in [0.25, 0.3) is 0 Å². The Labute approximate surface area is 91.0 Å². The van der Waals surface area contributed by atoms with Crippen LogP contribution in [0.25, 0.3) is 0 Å². The molecule has 0 unspecified atom stereocenters. The van der Waals surface area contributed by atoms with Gasteiger partial charge in [0.2, 0.25) is 5.91 Å². The number of halogens is 1. The molecule has 1 amide bonds. The molecule has 1 aromatic carbocycles. The highest BCUT2D eigenvalue weighted by atomic mass is 79.9. The largest absolute Gasteiger partial charge is 0.379 e. The molecule has 4 heteroatoms. The summed E-state index contributed by atoms with van der Waals surface area (Å²) in [7, 11) is 0. The summed E-state index contributed by atoms with van der Waals surface area (Å²) < 4.78 is 0.976. The molecule has 0 fully saturated rings. The lowest BCUT2D eigenvalue weighted by molar-refractivity contribution is -0.116. The zero-order valence-corrected chi connectivity index (χ0v) is 9.39. The van der Waals surface area contributed by atoms with Crippen LogP contribution in [0.15, 0.2) is 22.7 Å². The summed E-state index contributed by atoms with van der Waals surface area (Å²) in [4.78, 5) is 11.4. The molecule has 1 heterocycles. The first-order valence-corrected chi connectivity index (χ1v) is 5.31. The smallest absolute Gasteiger partial charge is 0.226 e. The van der Waals surface area contributed by atoms with E-state index in [4.69, 9.17) is 0 Å². The van der Waals surface area contributed by atoms with Gasteiger partial charge in [-0.15, -0.1) is 0 Å². The van der Waals surface area contributed by atoms with Crippen molar-refractivity contribution in [3.63, 3.8) is 0 Å². The molecule has 1 aliphatic rings. The van der Waals surface area contributed by atoms with Gasteiger partial charge in [-0.3, -0.25) is 4.79 Å². The Morgan fingerprint density at radius 1 is 1.50 bits per heavy atom. The first-order valence-electron chi connectivity index (χ1n) is 4.51. The molecule has 2 N–H and O–H groups in total. The summed E-state index contributed by atoms with van der Waals surface area (Å²) in [5, 5.41) is 6.15. The first kappa shape index (κ1) is 9.52. The zero-order chi connectivity index (χ0) is 10.1. The molecule has 0 radical (unpaired) electrons. The van der Waals surface area contributed by atoms with Crippen molar-refractivity contribution in [2.45, 2.75) is 19.4 Å². The van der Waals surface area contributed by atoms with Gasteiger partial charge in [0.05, 0.1) is 11.4 Å². The van der Waals surface area contributed by atoms with Crippen LogP contribution in [0, 0.1) is 0 Å². The van der Waals surface area contributed by atoms with E-state index in [1.165, 1.54) is 0 Å². The van der Waals surface area contributed by atoms with Crippen LogP contribution < -0.4 is 10.6 Å². The number of amides is 1. The van der Waals surface area contributed by atoms with Crippen LogP contribution in [0.2, 0.25) is 0 Å². The number of fused-ring (bicyclic) bond motifs is 1. The second-order valence-corrected chi connectivity index (χ2v) is 4.31. The fraction of sp³-hybridized carbons (Fsp3) is 0.300. The van der Waals surface area contributed by atoms with E-state index in [2.05, 4.69) is 26.6 Å². The summed E-state index contributed by atoms with van der Waals surface area (Å²) in [6.07, 6.45) is 0.501. The van der Waals surface area contributed by atoms with Gasteiger partial charge in [0.1, 0.15) is 0 Å². The minimum absolute atomic E-state index is 0.0573. The highest BCUT2D eigenvalue weighted by Crippen LogP contribution is 2.33. The minimum Gasteiger partial charge on any atom is -0.379 e. The fourth-order valence-electron chi connectivity index (χ4n) is 1.55. The van der Waals surface area contributed by atoms with Crippen molar-refractivity contribution >= 4 is 33.2 Å². The molecule has 74 valence electrons. The quantitative estimate of drug-likeness (QED) is 0.748. The van der Waals surface area contributed by atoms with Crippen LogP contribution in [-0.4, -0.2) is 11.9 Å². The molecule has 0 spiro atoms. The maximum absolute atomic E-state index is 11.4. The number of rotatable bonds is 0. The molecular formula is C10H11BrN2O. The van der Waals surface area contributed by atoms with E-state index >= 15 is 0 Å². The normalized spacial score (nSPS) is 20.4. The average molecular weight is 255 g/mol. The van der Waals surface area contributed by atoms with E-state index in [0.29, 0.717) is 6.42 Å². The number of para-hydroxylation sites is 1.